The number of amides is 4. The molecule has 0 aliphatic rings. The van der Waals surface area contributed by atoms with Crippen molar-refractivity contribution in [1.82, 2.24) is 0 Å². The first-order valence-corrected chi connectivity index (χ1v) is 16.9. The summed E-state index contributed by atoms with van der Waals surface area (Å²) in [6.45, 7) is 4.88. The van der Waals surface area contributed by atoms with Gasteiger partial charge in [-0.2, -0.15) is 0 Å². The number of unbranched alkanes of at least 4 members (excludes halogenated alkanes) is 5. The van der Waals surface area contributed by atoms with E-state index >= 15 is 0 Å². The number of carbonyl (C=O) groups is 4. The smallest absolute Gasteiger partial charge is 0.260 e. The van der Waals surface area contributed by atoms with Crippen molar-refractivity contribution in [1.29, 1.82) is 0 Å². The first kappa shape index (κ1) is 35.6. The highest BCUT2D eigenvalue weighted by Crippen LogP contribution is 2.24. The normalized spacial score (nSPS) is 10.6. The van der Waals surface area contributed by atoms with Gasteiger partial charge in [0.15, 0.2) is 0 Å². The predicted molar refractivity (Wildman–Crippen MR) is 195 cm³/mol. The van der Waals surface area contributed by atoms with Crippen LogP contribution in [0.3, 0.4) is 0 Å². The summed E-state index contributed by atoms with van der Waals surface area (Å²) in [6.07, 6.45) is 5.99. The summed E-state index contributed by atoms with van der Waals surface area (Å²) < 4.78 is 0. The molecule has 48 heavy (non-hydrogen) atoms. The quantitative estimate of drug-likeness (QED) is 0.112. The third-order valence-electron chi connectivity index (χ3n) is 8.18. The van der Waals surface area contributed by atoms with E-state index < -0.39 is 0 Å². The van der Waals surface area contributed by atoms with Crippen LogP contribution in [0.25, 0.3) is 0 Å². The molecule has 2 N–H and O–H groups in total. The molecule has 4 aromatic carbocycles. The van der Waals surface area contributed by atoms with Gasteiger partial charge in [-0.15, -0.1) is 0 Å². The van der Waals surface area contributed by atoms with Gasteiger partial charge in [-0.05, 0) is 75.2 Å². The zero-order valence-electron chi connectivity index (χ0n) is 28.0. The number of benzene rings is 4. The van der Waals surface area contributed by atoms with Gasteiger partial charge in [0.25, 0.3) is 11.8 Å². The minimum atomic E-state index is -0.155. The van der Waals surface area contributed by atoms with Gasteiger partial charge >= 0.3 is 0 Å². The number of rotatable bonds is 17. The summed E-state index contributed by atoms with van der Waals surface area (Å²) in [7, 11) is 0. The zero-order valence-corrected chi connectivity index (χ0v) is 28.0. The van der Waals surface area contributed by atoms with Crippen LogP contribution in [0.15, 0.2) is 109 Å². The number of anilines is 4. The number of nitrogens with zero attached hydrogens (tertiary/aromatic N) is 2. The molecular formula is C40H46N4O4. The Labute approximate surface area is 284 Å². The third-order valence-corrected chi connectivity index (χ3v) is 8.18. The van der Waals surface area contributed by atoms with Gasteiger partial charge in [0, 0.05) is 37.3 Å². The fourth-order valence-electron chi connectivity index (χ4n) is 5.65. The van der Waals surface area contributed by atoms with Crippen molar-refractivity contribution in [2.24, 2.45) is 0 Å². The molecule has 8 heteroatoms. The summed E-state index contributed by atoms with van der Waals surface area (Å²) in [6, 6.07) is 33.3. The Kier molecular flexibility index (Phi) is 13.9. The number of hydrogen-bond donors (Lipinski definition) is 2. The summed E-state index contributed by atoms with van der Waals surface area (Å²) in [5, 5.41) is 5.88. The Hall–Kier alpha value is -5.24. The summed E-state index contributed by atoms with van der Waals surface area (Å²) in [5.74, 6) is -0.534. The van der Waals surface area contributed by atoms with Gasteiger partial charge in [-0.25, -0.2) is 0 Å². The Morgan fingerprint density at radius 2 is 0.792 bits per heavy atom. The average molecular weight is 647 g/mol. The van der Waals surface area contributed by atoms with Crippen LogP contribution in [0.2, 0.25) is 0 Å². The fourth-order valence-corrected chi connectivity index (χ4v) is 5.65. The second kappa shape index (κ2) is 18.8. The van der Waals surface area contributed by atoms with Crippen molar-refractivity contribution in [2.75, 3.05) is 33.5 Å². The van der Waals surface area contributed by atoms with E-state index in [-0.39, 0.29) is 23.6 Å². The van der Waals surface area contributed by atoms with E-state index in [1.165, 1.54) is 0 Å². The van der Waals surface area contributed by atoms with Gasteiger partial charge in [-0.1, -0.05) is 86.3 Å². The second-order valence-electron chi connectivity index (χ2n) is 11.6. The van der Waals surface area contributed by atoms with E-state index in [0.717, 1.165) is 49.9 Å². The molecule has 0 aromatic heterocycles. The molecule has 0 bridgehead atoms. The van der Waals surface area contributed by atoms with Crippen molar-refractivity contribution in [3.8, 4) is 0 Å². The van der Waals surface area contributed by atoms with Crippen LogP contribution in [-0.2, 0) is 9.59 Å². The van der Waals surface area contributed by atoms with Crippen LogP contribution in [0, 0.1) is 0 Å². The lowest BCUT2D eigenvalue weighted by atomic mass is 10.1. The van der Waals surface area contributed by atoms with Crippen molar-refractivity contribution in [3.05, 3.63) is 120 Å². The van der Waals surface area contributed by atoms with Gasteiger partial charge in [0.1, 0.15) is 0 Å². The van der Waals surface area contributed by atoms with Crippen molar-refractivity contribution in [3.63, 3.8) is 0 Å². The lowest BCUT2D eigenvalue weighted by molar-refractivity contribution is -0.117. The molecule has 4 rings (SSSR count). The highest BCUT2D eigenvalue weighted by atomic mass is 16.2. The Morgan fingerprint density at radius 1 is 0.458 bits per heavy atom. The monoisotopic (exact) mass is 646 g/mol. The molecule has 0 radical (unpaired) electrons. The summed E-state index contributed by atoms with van der Waals surface area (Å²) in [4.78, 5) is 55.6. The molecule has 250 valence electrons. The Bertz CT molecular complexity index is 1520. The molecule has 0 unspecified atom stereocenters. The van der Waals surface area contributed by atoms with Crippen molar-refractivity contribution in [2.45, 2.75) is 65.2 Å². The highest BCUT2D eigenvalue weighted by molar-refractivity contribution is 6.12. The Balaban J connectivity index is 1.15. The number of nitrogens with one attached hydrogen (secondary N) is 2. The highest BCUT2D eigenvalue weighted by Gasteiger charge is 2.21. The molecule has 4 amide bonds. The molecule has 4 aromatic rings. The van der Waals surface area contributed by atoms with Crippen LogP contribution in [0.5, 0.6) is 0 Å². The number of para-hydroxylation sites is 4. The standard InChI is InChI=1S/C40H46N4O4/c1-3-43(31-21-11-9-12-22-31)39(47)33-25-17-19-27-35(33)41-37(45)29-15-7-5-6-8-16-30-38(46)42-36-28-20-18-26-34(36)40(48)44(4-2)32-23-13-10-14-24-32/h9-14,17-28H,3-8,15-16,29-30H2,1-2H3,(H,41,45)(H,42,46). The van der Waals surface area contributed by atoms with E-state index in [4.69, 9.17) is 0 Å². The van der Waals surface area contributed by atoms with E-state index in [2.05, 4.69) is 10.6 Å². The fraction of sp³-hybridized carbons (Fsp3) is 0.300. The first-order chi connectivity index (χ1) is 23.4. The molecule has 0 aliphatic carbocycles. The SMILES string of the molecule is CCN(C(=O)c1ccccc1NC(=O)CCCCCCCCC(=O)Nc1ccccc1C(=O)N(CC)c1ccccc1)c1ccccc1. The van der Waals surface area contributed by atoms with E-state index in [1.54, 1.807) is 46.2 Å². The molecule has 0 saturated carbocycles. The molecular weight excluding hydrogens is 600 g/mol. The maximum Gasteiger partial charge on any atom is 0.260 e. The van der Waals surface area contributed by atoms with E-state index in [1.807, 2.05) is 86.6 Å². The predicted octanol–water partition coefficient (Wildman–Crippen LogP) is 8.72. The lowest BCUT2D eigenvalue weighted by Gasteiger charge is -2.22. The molecule has 8 nitrogen and oxygen atoms in total. The molecule has 0 fully saturated rings. The van der Waals surface area contributed by atoms with Gasteiger partial charge in [0.2, 0.25) is 11.8 Å². The second-order valence-corrected chi connectivity index (χ2v) is 11.6. The number of hydrogen-bond acceptors (Lipinski definition) is 4. The maximum atomic E-state index is 13.4. The first-order valence-electron chi connectivity index (χ1n) is 16.9. The molecule has 0 spiro atoms. The van der Waals surface area contributed by atoms with Gasteiger partial charge in [0.05, 0.1) is 22.5 Å². The lowest BCUT2D eigenvalue weighted by Crippen LogP contribution is -2.31. The number of carbonyl (C=O) groups excluding carboxylic acids is 4. The minimum Gasteiger partial charge on any atom is -0.325 e. The van der Waals surface area contributed by atoms with Gasteiger partial charge < -0.3 is 20.4 Å². The van der Waals surface area contributed by atoms with E-state index in [0.29, 0.717) is 48.4 Å². The topological polar surface area (TPSA) is 98.8 Å². The molecule has 0 aliphatic heterocycles. The molecule has 0 saturated heterocycles. The van der Waals surface area contributed by atoms with E-state index in [9.17, 15) is 19.2 Å². The average Bonchev–Trinajstić information content (AvgIpc) is 3.11. The van der Waals surface area contributed by atoms with Crippen molar-refractivity contribution >= 4 is 46.4 Å². The van der Waals surface area contributed by atoms with Crippen molar-refractivity contribution < 1.29 is 19.2 Å². The maximum absolute atomic E-state index is 13.4. The summed E-state index contributed by atoms with van der Waals surface area (Å²) >= 11 is 0. The summed E-state index contributed by atoms with van der Waals surface area (Å²) in [5.41, 5.74) is 3.59. The van der Waals surface area contributed by atoms with Crippen LogP contribution < -0.4 is 20.4 Å². The molecule has 0 heterocycles. The minimum absolute atomic E-state index is 0.112. The van der Waals surface area contributed by atoms with Crippen LogP contribution in [-0.4, -0.2) is 36.7 Å². The molecule has 0 atom stereocenters. The third kappa shape index (κ3) is 10.1. The van der Waals surface area contributed by atoms with Crippen LogP contribution >= 0.6 is 0 Å². The van der Waals surface area contributed by atoms with Gasteiger partial charge in [-0.3, -0.25) is 19.2 Å². The largest absolute Gasteiger partial charge is 0.325 e. The zero-order chi connectivity index (χ0) is 34.1. The van der Waals surface area contributed by atoms with Crippen LogP contribution in [0.4, 0.5) is 22.7 Å². The van der Waals surface area contributed by atoms with Crippen LogP contribution in [0.1, 0.15) is 85.9 Å². The Morgan fingerprint density at radius 3 is 1.17 bits per heavy atom.